The van der Waals surface area contributed by atoms with E-state index in [9.17, 15) is 10.1 Å². The van der Waals surface area contributed by atoms with E-state index in [4.69, 9.17) is 0 Å². The molecule has 1 saturated heterocycles. The Bertz CT molecular complexity index is 442. The highest BCUT2D eigenvalue weighted by Crippen LogP contribution is 2.20. The van der Waals surface area contributed by atoms with Gasteiger partial charge in [-0.05, 0) is 46.0 Å². The summed E-state index contributed by atoms with van der Waals surface area (Å²) in [6.07, 6.45) is 3.48. The van der Waals surface area contributed by atoms with Crippen molar-refractivity contribution < 1.29 is 4.92 Å². The third-order valence-corrected chi connectivity index (χ3v) is 3.35. The van der Waals surface area contributed by atoms with E-state index in [0.29, 0.717) is 11.6 Å². The van der Waals surface area contributed by atoms with E-state index < -0.39 is 4.92 Å². The fraction of sp³-hybridized carbons (Fsp3) is 0.583. The Kier molecular flexibility index (Phi) is 3.76. The van der Waals surface area contributed by atoms with Crippen LogP contribution in [0, 0.1) is 17.0 Å². The molecule has 1 N–H and O–H groups in total. The summed E-state index contributed by atoms with van der Waals surface area (Å²) in [6.45, 7) is 3.88. The summed E-state index contributed by atoms with van der Waals surface area (Å²) in [7, 11) is 2.12. The second kappa shape index (κ2) is 5.30. The van der Waals surface area contributed by atoms with Gasteiger partial charge >= 0.3 is 0 Å². The van der Waals surface area contributed by atoms with Gasteiger partial charge in [0, 0.05) is 11.6 Å². The van der Waals surface area contributed by atoms with E-state index in [1.54, 1.807) is 13.0 Å². The highest BCUT2D eigenvalue weighted by molar-refractivity contribution is 5.47. The molecular formula is C12H18N4O2. The topological polar surface area (TPSA) is 71.3 Å². The molecule has 1 aromatic heterocycles. The Morgan fingerprint density at radius 3 is 2.72 bits per heavy atom. The minimum atomic E-state index is -0.401. The van der Waals surface area contributed by atoms with Crippen molar-refractivity contribution in [3.05, 3.63) is 27.9 Å². The minimum Gasteiger partial charge on any atom is -0.367 e. The number of nitrogens with zero attached hydrogens (tertiary/aromatic N) is 3. The summed E-state index contributed by atoms with van der Waals surface area (Å²) in [6, 6.07) is 2.16. The Morgan fingerprint density at radius 1 is 1.50 bits per heavy atom. The SMILES string of the molecule is Cc1cc(NC2CCN(C)CC2)ncc1[N+](=O)[O-]. The van der Waals surface area contributed by atoms with Gasteiger partial charge in [0.05, 0.1) is 4.92 Å². The molecule has 2 rings (SSSR count). The van der Waals surface area contributed by atoms with Crippen molar-refractivity contribution in [3.63, 3.8) is 0 Å². The van der Waals surface area contributed by atoms with Crippen molar-refractivity contribution in [2.75, 3.05) is 25.5 Å². The van der Waals surface area contributed by atoms with Gasteiger partial charge in [-0.25, -0.2) is 4.98 Å². The lowest BCUT2D eigenvalue weighted by molar-refractivity contribution is -0.385. The molecular weight excluding hydrogens is 232 g/mol. The molecule has 98 valence electrons. The highest BCUT2D eigenvalue weighted by atomic mass is 16.6. The lowest BCUT2D eigenvalue weighted by Crippen LogP contribution is -2.36. The Hall–Kier alpha value is -1.69. The lowest BCUT2D eigenvalue weighted by atomic mass is 10.1. The quantitative estimate of drug-likeness (QED) is 0.654. The zero-order valence-electron chi connectivity index (χ0n) is 10.7. The summed E-state index contributed by atoms with van der Waals surface area (Å²) >= 11 is 0. The number of piperidine rings is 1. The van der Waals surface area contributed by atoms with Gasteiger partial charge < -0.3 is 10.2 Å². The molecule has 0 amide bonds. The number of anilines is 1. The summed E-state index contributed by atoms with van der Waals surface area (Å²) in [5.74, 6) is 0.729. The van der Waals surface area contributed by atoms with Crippen molar-refractivity contribution in [1.29, 1.82) is 0 Å². The normalized spacial score (nSPS) is 17.7. The number of hydrogen-bond acceptors (Lipinski definition) is 5. The highest BCUT2D eigenvalue weighted by Gasteiger charge is 2.18. The van der Waals surface area contributed by atoms with Gasteiger partial charge in [-0.3, -0.25) is 10.1 Å². The maximum Gasteiger partial charge on any atom is 0.290 e. The predicted octanol–water partition coefficient (Wildman–Crippen LogP) is 1.80. The first-order chi connectivity index (χ1) is 8.56. The van der Waals surface area contributed by atoms with Gasteiger partial charge in [0.1, 0.15) is 12.0 Å². The van der Waals surface area contributed by atoms with Crippen molar-refractivity contribution in [1.82, 2.24) is 9.88 Å². The fourth-order valence-electron chi connectivity index (χ4n) is 2.18. The molecule has 0 aliphatic carbocycles. The number of nitro groups is 1. The van der Waals surface area contributed by atoms with Crippen molar-refractivity contribution in [3.8, 4) is 0 Å². The molecule has 0 saturated carbocycles. The molecule has 0 unspecified atom stereocenters. The molecule has 6 nitrogen and oxygen atoms in total. The van der Waals surface area contributed by atoms with Crippen LogP contribution in [0.25, 0.3) is 0 Å². The van der Waals surface area contributed by atoms with Gasteiger partial charge in [-0.1, -0.05) is 0 Å². The van der Waals surface area contributed by atoms with Crippen molar-refractivity contribution >= 4 is 11.5 Å². The molecule has 18 heavy (non-hydrogen) atoms. The fourth-order valence-corrected chi connectivity index (χ4v) is 2.18. The van der Waals surface area contributed by atoms with Gasteiger partial charge in [-0.15, -0.1) is 0 Å². The van der Waals surface area contributed by atoms with E-state index >= 15 is 0 Å². The van der Waals surface area contributed by atoms with Crippen LogP contribution in [-0.2, 0) is 0 Å². The molecule has 1 fully saturated rings. The number of aromatic nitrogens is 1. The second-order valence-corrected chi connectivity index (χ2v) is 4.84. The maximum atomic E-state index is 10.7. The Morgan fingerprint density at radius 2 is 2.17 bits per heavy atom. The molecule has 1 aliphatic heterocycles. The van der Waals surface area contributed by atoms with Crippen LogP contribution >= 0.6 is 0 Å². The first kappa shape index (κ1) is 12.8. The predicted molar refractivity (Wildman–Crippen MR) is 69.8 cm³/mol. The third kappa shape index (κ3) is 2.95. The molecule has 0 bridgehead atoms. The molecule has 6 heteroatoms. The number of hydrogen-bond donors (Lipinski definition) is 1. The van der Waals surface area contributed by atoms with E-state index in [-0.39, 0.29) is 5.69 Å². The van der Waals surface area contributed by atoms with Crippen molar-refractivity contribution in [2.24, 2.45) is 0 Å². The molecule has 2 heterocycles. The minimum absolute atomic E-state index is 0.0731. The number of nitrogens with one attached hydrogen (secondary N) is 1. The zero-order valence-corrected chi connectivity index (χ0v) is 10.7. The van der Waals surface area contributed by atoms with Crippen molar-refractivity contribution in [2.45, 2.75) is 25.8 Å². The van der Waals surface area contributed by atoms with Crippen LogP contribution in [-0.4, -0.2) is 41.0 Å². The van der Waals surface area contributed by atoms with Gasteiger partial charge in [0.15, 0.2) is 0 Å². The summed E-state index contributed by atoms with van der Waals surface area (Å²) in [5.41, 5.74) is 0.717. The maximum absolute atomic E-state index is 10.7. The lowest BCUT2D eigenvalue weighted by Gasteiger charge is -2.29. The smallest absolute Gasteiger partial charge is 0.290 e. The van der Waals surface area contributed by atoms with E-state index in [1.165, 1.54) is 6.20 Å². The summed E-state index contributed by atoms with van der Waals surface area (Å²) < 4.78 is 0. The molecule has 0 aromatic carbocycles. The third-order valence-electron chi connectivity index (χ3n) is 3.35. The average molecular weight is 250 g/mol. The van der Waals surface area contributed by atoms with Crippen LogP contribution in [0.2, 0.25) is 0 Å². The Labute approximate surface area is 106 Å². The van der Waals surface area contributed by atoms with Crippen LogP contribution in [0.5, 0.6) is 0 Å². The monoisotopic (exact) mass is 250 g/mol. The van der Waals surface area contributed by atoms with Gasteiger partial charge in [0.25, 0.3) is 5.69 Å². The van der Waals surface area contributed by atoms with Gasteiger partial charge in [-0.2, -0.15) is 0 Å². The second-order valence-electron chi connectivity index (χ2n) is 4.84. The number of likely N-dealkylation sites (tertiary alicyclic amines) is 1. The van der Waals surface area contributed by atoms with Crippen LogP contribution in [0.4, 0.5) is 11.5 Å². The van der Waals surface area contributed by atoms with Gasteiger partial charge in [0.2, 0.25) is 0 Å². The molecule has 0 radical (unpaired) electrons. The van der Waals surface area contributed by atoms with E-state index in [2.05, 4.69) is 22.2 Å². The number of rotatable bonds is 3. The first-order valence-electron chi connectivity index (χ1n) is 6.12. The van der Waals surface area contributed by atoms with Crippen LogP contribution in [0.15, 0.2) is 12.3 Å². The Balaban J connectivity index is 2.02. The van der Waals surface area contributed by atoms with Crippen LogP contribution < -0.4 is 5.32 Å². The van der Waals surface area contributed by atoms with Crippen LogP contribution in [0.3, 0.4) is 0 Å². The average Bonchev–Trinajstić information content (AvgIpc) is 2.32. The molecule has 0 spiro atoms. The molecule has 0 atom stereocenters. The van der Waals surface area contributed by atoms with Crippen LogP contribution in [0.1, 0.15) is 18.4 Å². The molecule has 1 aliphatic rings. The number of pyridine rings is 1. The van der Waals surface area contributed by atoms with E-state index in [1.807, 2.05) is 0 Å². The zero-order chi connectivity index (χ0) is 13.1. The van der Waals surface area contributed by atoms with E-state index in [0.717, 1.165) is 31.7 Å². The number of aryl methyl sites for hydroxylation is 1. The largest absolute Gasteiger partial charge is 0.367 e. The standard InChI is InChI=1S/C12H18N4O2/c1-9-7-12(13-8-11(9)16(17)18)14-10-3-5-15(2)6-4-10/h7-8,10H,3-6H2,1-2H3,(H,13,14). The summed E-state index contributed by atoms with van der Waals surface area (Å²) in [5, 5.41) is 14.0. The first-order valence-corrected chi connectivity index (χ1v) is 6.12. The molecule has 1 aromatic rings. The summed E-state index contributed by atoms with van der Waals surface area (Å²) in [4.78, 5) is 16.7.